The predicted octanol–water partition coefficient (Wildman–Crippen LogP) is 4.83. The number of benzene rings is 3. The van der Waals surface area contributed by atoms with Crippen molar-refractivity contribution in [2.24, 2.45) is 0 Å². The third-order valence-electron chi connectivity index (χ3n) is 4.73. The molecule has 1 aromatic heterocycles. The van der Waals surface area contributed by atoms with Crippen molar-refractivity contribution < 1.29 is 13.9 Å². The van der Waals surface area contributed by atoms with Crippen molar-refractivity contribution >= 4 is 5.91 Å². The lowest BCUT2D eigenvalue weighted by atomic mass is 10.1. The van der Waals surface area contributed by atoms with E-state index in [1.165, 1.54) is 0 Å². The molecule has 0 aliphatic carbocycles. The minimum absolute atomic E-state index is 0.162. The molecule has 156 valence electrons. The van der Waals surface area contributed by atoms with Gasteiger partial charge in [0.15, 0.2) is 0 Å². The lowest BCUT2D eigenvalue weighted by molar-refractivity contribution is 0.0947. The highest BCUT2D eigenvalue weighted by molar-refractivity contribution is 5.94. The quantitative estimate of drug-likeness (QED) is 0.439. The van der Waals surface area contributed by atoms with Gasteiger partial charge in [-0.3, -0.25) is 4.79 Å². The van der Waals surface area contributed by atoms with Gasteiger partial charge in [0.05, 0.1) is 6.54 Å². The number of ether oxygens (including phenoxy) is 1. The molecule has 6 heteroatoms. The Bertz CT molecular complexity index is 1180. The van der Waals surface area contributed by atoms with Crippen molar-refractivity contribution in [2.75, 3.05) is 13.2 Å². The predicted molar refractivity (Wildman–Crippen MR) is 119 cm³/mol. The van der Waals surface area contributed by atoms with Crippen molar-refractivity contribution in [1.29, 1.82) is 0 Å². The zero-order valence-electron chi connectivity index (χ0n) is 17.5. The maximum Gasteiger partial charge on any atom is 0.251 e. The molecule has 1 amide bonds. The maximum absolute atomic E-state index is 12.4. The molecule has 3 aromatic carbocycles. The van der Waals surface area contributed by atoms with Crippen LogP contribution < -0.4 is 10.1 Å². The Kier molecular flexibility index (Phi) is 6.08. The van der Waals surface area contributed by atoms with Gasteiger partial charge >= 0.3 is 0 Å². The van der Waals surface area contributed by atoms with E-state index in [0.717, 1.165) is 28.0 Å². The third-order valence-corrected chi connectivity index (χ3v) is 4.73. The van der Waals surface area contributed by atoms with Crippen LogP contribution in [0.25, 0.3) is 22.9 Å². The molecule has 0 aliphatic heterocycles. The molecular weight excluding hydrogens is 390 g/mol. The molecule has 0 bridgehead atoms. The Morgan fingerprint density at radius 1 is 0.871 bits per heavy atom. The summed E-state index contributed by atoms with van der Waals surface area (Å²) < 4.78 is 11.5. The largest absolute Gasteiger partial charge is 0.492 e. The lowest BCUT2D eigenvalue weighted by Gasteiger charge is -2.08. The Hall–Kier alpha value is -3.93. The van der Waals surface area contributed by atoms with E-state index in [-0.39, 0.29) is 5.91 Å². The number of carbonyl (C=O) groups excluding carboxylic acids is 1. The van der Waals surface area contributed by atoms with Gasteiger partial charge < -0.3 is 14.5 Å². The Morgan fingerprint density at radius 3 is 2.26 bits per heavy atom. The first-order valence-corrected chi connectivity index (χ1v) is 10.1. The van der Waals surface area contributed by atoms with Gasteiger partial charge in [-0.2, -0.15) is 0 Å². The summed E-state index contributed by atoms with van der Waals surface area (Å²) in [7, 11) is 0. The molecule has 0 radical (unpaired) electrons. The molecule has 6 nitrogen and oxygen atoms in total. The lowest BCUT2D eigenvalue weighted by Crippen LogP contribution is -2.28. The Balaban J connectivity index is 1.33. The van der Waals surface area contributed by atoms with Gasteiger partial charge in [-0.05, 0) is 67.9 Å². The van der Waals surface area contributed by atoms with Crippen molar-refractivity contribution in [2.45, 2.75) is 13.8 Å². The Morgan fingerprint density at radius 2 is 1.55 bits per heavy atom. The van der Waals surface area contributed by atoms with Crippen LogP contribution in [0.15, 0.2) is 77.2 Å². The second kappa shape index (κ2) is 9.26. The highest BCUT2D eigenvalue weighted by atomic mass is 16.5. The van der Waals surface area contributed by atoms with E-state index in [9.17, 15) is 4.79 Å². The summed E-state index contributed by atoms with van der Waals surface area (Å²) in [5.74, 6) is 1.51. The zero-order chi connectivity index (χ0) is 21.6. The molecule has 1 N–H and O–H groups in total. The van der Waals surface area contributed by atoms with Gasteiger partial charge in [0.2, 0.25) is 11.8 Å². The molecule has 0 spiro atoms. The third kappa shape index (κ3) is 5.17. The molecule has 4 aromatic rings. The number of aromatic nitrogens is 2. The normalized spacial score (nSPS) is 10.6. The van der Waals surface area contributed by atoms with Gasteiger partial charge in [0, 0.05) is 16.7 Å². The fraction of sp³-hybridized carbons (Fsp3) is 0.160. The average Bonchev–Trinajstić information content (AvgIpc) is 3.27. The number of aryl methyl sites for hydroxylation is 2. The maximum atomic E-state index is 12.4. The smallest absolute Gasteiger partial charge is 0.251 e. The Labute approximate surface area is 180 Å². The van der Waals surface area contributed by atoms with Crippen LogP contribution in [0.4, 0.5) is 0 Å². The van der Waals surface area contributed by atoms with Crippen LogP contribution in [-0.4, -0.2) is 29.3 Å². The minimum atomic E-state index is -0.162. The molecule has 0 saturated heterocycles. The topological polar surface area (TPSA) is 77.2 Å². The van der Waals surface area contributed by atoms with Gasteiger partial charge in [0.25, 0.3) is 5.91 Å². The number of carbonyl (C=O) groups is 1. The molecular formula is C25H23N3O3. The van der Waals surface area contributed by atoms with Gasteiger partial charge in [-0.1, -0.05) is 29.8 Å². The second-order valence-electron chi connectivity index (χ2n) is 7.28. The summed E-state index contributed by atoms with van der Waals surface area (Å²) in [6.07, 6.45) is 0. The van der Waals surface area contributed by atoms with Crippen molar-refractivity contribution in [1.82, 2.24) is 15.5 Å². The number of nitrogens with one attached hydrogen (secondary N) is 1. The molecule has 0 atom stereocenters. The van der Waals surface area contributed by atoms with E-state index in [1.54, 1.807) is 24.3 Å². The van der Waals surface area contributed by atoms with Gasteiger partial charge in [-0.15, -0.1) is 10.2 Å². The summed E-state index contributed by atoms with van der Waals surface area (Å²) in [5, 5.41) is 11.1. The summed E-state index contributed by atoms with van der Waals surface area (Å²) >= 11 is 0. The first-order chi connectivity index (χ1) is 15.1. The first-order valence-electron chi connectivity index (χ1n) is 10.1. The highest BCUT2D eigenvalue weighted by Crippen LogP contribution is 2.24. The fourth-order valence-electron chi connectivity index (χ4n) is 3.14. The molecule has 0 aliphatic rings. The van der Waals surface area contributed by atoms with Crippen molar-refractivity contribution in [3.8, 4) is 28.7 Å². The van der Waals surface area contributed by atoms with Gasteiger partial charge in [-0.25, -0.2) is 0 Å². The van der Waals surface area contributed by atoms with Crippen LogP contribution in [0.3, 0.4) is 0 Å². The van der Waals surface area contributed by atoms with Crippen LogP contribution in [0.5, 0.6) is 5.75 Å². The first kappa shape index (κ1) is 20.3. The average molecular weight is 413 g/mol. The molecule has 31 heavy (non-hydrogen) atoms. The van der Waals surface area contributed by atoms with Crippen LogP contribution in [0, 0.1) is 13.8 Å². The number of hydrogen-bond acceptors (Lipinski definition) is 5. The second-order valence-corrected chi connectivity index (χ2v) is 7.28. The zero-order valence-corrected chi connectivity index (χ0v) is 17.5. The standard InChI is InChI=1S/C25H23N3O3/c1-17-5-3-7-21(15-17)25-28-27-24(31-25)20-11-9-19(10-12-20)23(29)26-13-14-30-22-8-4-6-18(2)16-22/h3-12,15-16H,13-14H2,1-2H3,(H,26,29). The number of hydrogen-bond donors (Lipinski definition) is 1. The van der Waals surface area contributed by atoms with Crippen LogP contribution in [0.1, 0.15) is 21.5 Å². The number of amides is 1. The summed E-state index contributed by atoms with van der Waals surface area (Å²) in [5.41, 5.74) is 4.44. The fourth-order valence-corrected chi connectivity index (χ4v) is 3.14. The summed E-state index contributed by atoms with van der Waals surface area (Å²) in [4.78, 5) is 12.4. The van der Waals surface area contributed by atoms with E-state index in [1.807, 2.05) is 62.4 Å². The molecule has 1 heterocycles. The minimum Gasteiger partial charge on any atom is -0.492 e. The molecule has 0 saturated carbocycles. The summed E-state index contributed by atoms with van der Waals surface area (Å²) in [6.45, 7) is 4.84. The molecule has 4 rings (SSSR count). The monoisotopic (exact) mass is 413 g/mol. The van der Waals surface area contributed by atoms with Gasteiger partial charge in [0.1, 0.15) is 12.4 Å². The van der Waals surface area contributed by atoms with Crippen LogP contribution in [0.2, 0.25) is 0 Å². The molecule has 0 unspecified atom stereocenters. The molecule has 0 fully saturated rings. The van der Waals surface area contributed by atoms with E-state index < -0.39 is 0 Å². The van der Waals surface area contributed by atoms with Crippen LogP contribution >= 0.6 is 0 Å². The summed E-state index contributed by atoms with van der Waals surface area (Å²) in [6, 6.07) is 22.8. The number of rotatable bonds is 7. The van der Waals surface area contributed by atoms with Crippen molar-refractivity contribution in [3.63, 3.8) is 0 Å². The van der Waals surface area contributed by atoms with E-state index >= 15 is 0 Å². The van der Waals surface area contributed by atoms with E-state index in [0.29, 0.717) is 30.5 Å². The van der Waals surface area contributed by atoms with Crippen molar-refractivity contribution in [3.05, 3.63) is 89.5 Å². The van der Waals surface area contributed by atoms with E-state index in [2.05, 4.69) is 15.5 Å². The number of nitrogens with zero attached hydrogens (tertiary/aromatic N) is 2. The van der Waals surface area contributed by atoms with Crippen LogP contribution in [-0.2, 0) is 0 Å². The highest BCUT2D eigenvalue weighted by Gasteiger charge is 2.12. The van der Waals surface area contributed by atoms with E-state index in [4.69, 9.17) is 9.15 Å². The SMILES string of the molecule is Cc1cccc(OCCNC(=O)c2ccc(-c3nnc(-c4cccc(C)c4)o3)cc2)c1.